The number of piperidine rings is 7. The fourth-order valence-electron chi connectivity index (χ4n) is 20.1. The predicted octanol–water partition coefficient (Wildman–Crippen LogP) is 20.7. The summed E-state index contributed by atoms with van der Waals surface area (Å²) in [6, 6.07) is 13.2. The number of pyridine rings is 1. The van der Waals surface area contributed by atoms with Crippen molar-refractivity contribution in [1.82, 2.24) is 58.4 Å². The lowest BCUT2D eigenvalue weighted by molar-refractivity contribution is -0.0501. The Hall–Kier alpha value is -4.75. The molecule has 4 atom stereocenters. The summed E-state index contributed by atoms with van der Waals surface area (Å²) in [5.41, 5.74) is 0.116. The van der Waals surface area contributed by atoms with E-state index in [0.717, 1.165) is 149 Å². The van der Waals surface area contributed by atoms with Crippen LogP contribution in [0.4, 0.5) is 18.0 Å². The van der Waals surface area contributed by atoms with Crippen LogP contribution in [0.5, 0.6) is 0 Å². The van der Waals surface area contributed by atoms with E-state index in [-0.39, 0.29) is 35.9 Å². The van der Waals surface area contributed by atoms with Gasteiger partial charge in [0.2, 0.25) is 10.0 Å². The highest BCUT2D eigenvalue weighted by Gasteiger charge is 2.51. The monoisotopic (exact) mass is 1860 g/mol. The number of ether oxygens (including phenoxy) is 2. The number of halogens is 3. The Kier molecular flexibility index (Phi) is 42.8. The van der Waals surface area contributed by atoms with Gasteiger partial charge in [0.1, 0.15) is 11.2 Å². The maximum absolute atomic E-state index is 12.4. The minimum atomic E-state index is -5.18. The van der Waals surface area contributed by atoms with Gasteiger partial charge in [0, 0.05) is 127 Å². The van der Waals surface area contributed by atoms with Crippen LogP contribution >= 0.6 is 0 Å². The minimum absolute atomic E-state index is 0.00802. The number of rotatable bonds is 13. The number of sulfone groups is 1. The number of amides is 1. The van der Waals surface area contributed by atoms with E-state index in [1.807, 2.05) is 52.1 Å². The second-order valence-corrected chi connectivity index (χ2v) is 51.1. The number of nitrogens with zero attached hydrogens (tertiary/aromatic N) is 11. The van der Waals surface area contributed by atoms with Gasteiger partial charge in [-0.25, -0.2) is 35.0 Å². The molecule has 10 fully saturated rings. The third-order valence-corrected chi connectivity index (χ3v) is 33.8. The first kappa shape index (κ1) is 110. The van der Waals surface area contributed by atoms with E-state index >= 15 is 0 Å². The standard InChI is InChI=1S/C17H27NO2S.C14H23N3.C14H22N2O2S.C14H27NO.C13H22N2O.C10H18F3NO2S.C10H19N.C8H15NO2/c1-17(2,3)15-8-10-18(11-9-15)13-14-6-5-7-16(12-14)21(4,19)20;1-14(2,3)12-4-8-17(9-5-12)11-13-10-15-6-7-16-13;1-14(2,3)12-6-9-16(10-7-12)19(17,18)13-5-4-8-15-11-13;1-14(2,3)12-4-8-15(9-5-12)13-6-10-16-11-7-13;1-13(2,3)11-4-6-15(7-5-11)8-12-9-16-10-14-12;1-9(2,3)8-4-6-14(7-5-8)17(15,16)10(11,12)13;1-7(2)8-5-9-3-4-10(6-8)11-9;1-3-11-8(10)9-5-4-7(2)6-9/h5-7,12,15H,8-11,13H2,1-4H3;6-7,10,12H,4-5,8-9,11H2,1-3H3;4-5,8,11-12H,6-7,9-10H2,1-3H3;12-13H,4-11H2,1-3H3;9-11H,4-8H2,1-3H3;8H,4-7H2,1-3H3;7-11H,3-6H2,1-2H3;7H,3-6H2,1-2H3/t;;;;;;8?,9-,10+;7-/m.......1/s1. The van der Waals surface area contributed by atoms with Gasteiger partial charge in [-0.15, -0.1) is 0 Å². The van der Waals surface area contributed by atoms with Crippen molar-refractivity contribution in [2.45, 2.75) is 327 Å². The van der Waals surface area contributed by atoms with E-state index in [1.165, 1.54) is 148 Å². The molecule has 13 heterocycles. The molecule has 1 N–H and O–H groups in total. The van der Waals surface area contributed by atoms with E-state index in [4.69, 9.17) is 13.9 Å². The van der Waals surface area contributed by atoms with Gasteiger partial charge in [-0.1, -0.05) is 158 Å². The second-order valence-electron chi connectivity index (χ2n) is 45.2. The molecule has 14 rings (SSSR count). The maximum Gasteiger partial charge on any atom is 0.511 e. The molecule has 0 saturated carbocycles. The Morgan fingerprint density at radius 1 is 0.500 bits per heavy atom. The number of aromatic nitrogens is 4. The van der Waals surface area contributed by atoms with Crippen LogP contribution in [0.2, 0.25) is 0 Å². The van der Waals surface area contributed by atoms with E-state index < -0.39 is 35.4 Å². The van der Waals surface area contributed by atoms with Gasteiger partial charge in [0.15, 0.2) is 16.2 Å². The number of oxazole rings is 1. The topological polar surface area (TPSA) is 237 Å². The molecule has 0 radical (unpaired) electrons. The number of likely N-dealkylation sites (tertiary alicyclic amines) is 5. The summed E-state index contributed by atoms with van der Waals surface area (Å²) in [6.45, 7) is 67.3. The van der Waals surface area contributed by atoms with Crippen molar-refractivity contribution < 1.29 is 57.1 Å². The number of hydrogen-bond donors (Lipinski definition) is 1. The summed E-state index contributed by atoms with van der Waals surface area (Å²) >= 11 is 0. The number of carbonyl (C=O) groups is 1. The summed E-state index contributed by atoms with van der Waals surface area (Å²) in [4.78, 5) is 40.2. The van der Waals surface area contributed by atoms with Crippen LogP contribution in [0.3, 0.4) is 0 Å². The van der Waals surface area contributed by atoms with E-state index in [9.17, 15) is 43.2 Å². The molecule has 10 aliphatic heterocycles. The Balaban J connectivity index is 0.000000202. The zero-order valence-corrected chi connectivity index (χ0v) is 85.8. The molecular formula is C100H173F3N12O10S3. The number of hydrogen-bond acceptors (Lipinski definition) is 19. The Labute approximate surface area is 774 Å². The lowest BCUT2D eigenvalue weighted by Gasteiger charge is -2.42. The molecule has 128 heavy (non-hydrogen) atoms. The molecule has 1 amide bonds. The molecule has 1 aromatic carbocycles. The normalized spacial score (nSPS) is 23.2. The maximum atomic E-state index is 12.4. The molecule has 22 nitrogen and oxygen atoms in total. The fourth-order valence-corrected chi connectivity index (χ4v) is 23.2. The van der Waals surface area contributed by atoms with E-state index in [2.05, 4.69) is 169 Å². The summed E-state index contributed by atoms with van der Waals surface area (Å²) in [6.07, 6.45) is 35.4. The van der Waals surface area contributed by atoms with Gasteiger partial charge in [-0.2, -0.15) is 21.8 Å². The quantitative estimate of drug-likeness (QED) is 0.131. The highest BCUT2D eigenvalue weighted by atomic mass is 32.2. The molecule has 0 aliphatic carbocycles. The zero-order chi connectivity index (χ0) is 94.9. The zero-order valence-electron chi connectivity index (χ0n) is 83.4. The molecule has 10 aliphatic rings. The summed E-state index contributed by atoms with van der Waals surface area (Å²) in [5.74, 6) is 6.84. The molecule has 1 unspecified atom stereocenters. The van der Waals surface area contributed by atoms with Crippen molar-refractivity contribution in [2.75, 3.05) is 118 Å². The van der Waals surface area contributed by atoms with Crippen LogP contribution < -0.4 is 5.32 Å². The highest BCUT2D eigenvalue weighted by molar-refractivity contribution is 7.90. The van der Waals surface area contributed by atoms with Gasteiger partial charge >= 0.3 is 21.6 Å². The van der Waals surface area contributed by atoms with E-state index in [0.29, 0.717) is 80.1 Å². The second kappa shape index (κ2) is 49.7. The number of carbonyl (C=O) groups excluding carboxylic acids is 1. The number of sulfonamides is 2. The first-order chi connectivity index (χ1) is 59.6. The Morgan fingerprint density at radius 3 is 1.31 bits per heavy atom. The first-order valence-electron chi connectivity index (χ1n) is 48.7. The number of fused-ring (bicyclic) bond motifs is 2. The lowest BCUT2D eigenvalue weighted by atomic mass is 9.75. The highest BCUT2D eigenvalue weighted by Crippen LogP contribution is 2.43. The Bertz CT molecular complexity index is 4140. The number of nitrogens with one attached hydrogen (secondary N) is 1. The van der Waals surface area contributed by atoms with Gasteiger partial charge in [0.25, 0.3) is 0 Å². The van der Waals surface area contributed by atoms with Gasteiger partial charge in [-0.3, -0.25) is 29.7 Å². The van der Waals surface area contributed by atoms with Crippen LogP contribution in [0, 0.1) is 85.8 Å². The summed E-state index contributed by atoms with van der Waals surface area (Å²) in [7, 11) is -11.6. The smallest absolute Gasteiger partial charge is 0.451 e. The minimum Gasteiger partial charge on any atom is -0.451 e. The van der Waals surface area contributed by atoms with Crippen molar-refractivity contribution in [3.05, 3.63) is 97.0 Å². The number of alkyl halides is 3. The van der Waals surface area contributed by atoms with Crippen LogP contribution in [0.15, 0.2) is 94.2 Å². The molecule has 3 aromatic heterocycles. The van der Waals surface area contributed by atoms with Crippen molar-refractivity contribution in [3.8, 4) is 0 Å². The van der Waals surface area contributed by atoms with Crippen LogP contribution in [-0.2, 0) is 59.0 Å². The Morgan fingerprint density at radius 2 is 0.930 bits per heavy atom. The first-order valence-corrected chi connectivity index (χ1v) is 53.4. The van der Waals surface area contributed by atoms with Crippen molar-refractivity contribution >= 4 is 36.0 Å². The summed E-state index contributed by atoms with van der Waals surface area (Å²) < 4.78 is 125. The predicted molar refractivity (Wildman–Crippen MR) is 512 cm³/mol. The summed E-state index contributed by atoms with van der Waals surface area (Å²) in [5, 5.41) is 3.68. The van der Waals surface area contributed by atoms with Gasteiger partial charge in [-0.05, 0) is 297 Å². The van der Waals surface area contributed by atoms with Gasteiger partial charge in [0.05, 0.1) is 22.9 Å². The lowest BCUT2D eigenvalue weighted by Crippen LogP contribution is -2.46. The molecule has 10 saturated heterocycles. The van der Waals surface area contributed by atoms with Crippen molar-refractivity contribution in [3.63, 3.8) is 0 Å². The SMILES string of the molecule is CC(C)(C)C1CCN(C2CCOCC2)CC1.CC(C)(C)C1CCN(Cc2cccc(S(C)(=O)=O)c2)CC1.CC(C)(C)C1CCN(Cc2cnccn2)CC1.CC(C)(C)C1CCN(Cc2cocn2)CC1.CC(C)(C)C1CCN(S(=O)(=O)C(F)(F)F)CC1.CC(C)(C)C1CCN(S(=O)(=O)c2cccnc2)CC1.CC(C)C1C[C@H]2CC[C@@H](C1)N2.CCOC(=O)N1CC[C@@H](C)C1. The van der Waals surface area contributed by atoms with Crippen molar-refractivity contribution in [2.24, 2.45) is 85.8 Å². The number of benzene rings is 1. The largest absolute Gasteiger partial charge is 0.511 e. The van der Waals surface area contributed by atoms with Crippen molar-refractivity contribution in [1.29, 1.82) is 0 Å². The molecule has 4 aromatic rings. The third kappa shape index (κ3) is 36.8. The molecule has 732 valence electrons. The van der Waals surface area contributed by atoms with Gasteiger partial charge < -0.3 is 29.0 Å². The fraction of sp³-hybridized carbons (Fsp3) is 0.810. The van der Waals surface area contributed by atoms with Crippen LogP contribution in [0.25, 0.3) is 0 Å². The molecular weight excluding hydrogens is 1680 g/mol. The average molecular weight is 1860 g/mol. The van der Waals surface area contributed by atoms with E-state index in [1.54, 1.807) is 52.3 Å². The third-order valence-electron chi connectivity index (χ3n) is 29.2. The molecule has 0 spiro atoms. The van der Waals surface area contributed by atoms with Crippen LogP contribution in [-0.4, -0.2) is 226 Å². The molecule has 28 heteroatoms. The van der Waals surface area contributed by atoms with Crippen LogP contribution in [0.1, 0.15) is 291 Å². The molecule has 2 bridgehead atoms. The average Bonchev–Trinajstić information content (AvgIpc) is 0.827.